The highest BCUT2D eigenvalue weighted by atomic mass is 16.5. The van der Waals surface area contributed by atoms with Crippen LogP contribution < -0.4 is 19.7 Å². The Morgan fingerprint density at radius 1 is 1.10 bits per heavy atom. The summed E-state index contributed by atoms with van der Waals surface area (Å²) in [7, 11) is 1.66. The minimum Gasteiger partial charge on any atom is -0.497 e. The Bertz CT molecular complexity index is 889. The largest absolute Gasteiger partial charge is 0.497 e. The second-order valence-electron chi connectivity index (χ2n) is 7.23. The Kier molecular flexibility index (Phi) is 5.55. The Morgan fingerprint density at radius 3 is 2.59 bits per heavy atom. The number of hydrogen-bond acceptors (Lipinski definition) is 5. The maximum absolute atomic E-state index is 12.6. The minimum absolute atomic E-state index is 0.0489. The first kappa shape index (κ1) is 19.1. The van der Waals surface area contributed by atoms with Crippen LogP contribution in [-0.2, 0) is 16.0 Å². The van der Waals surface area contributed by atoms with Crippen molar-refractivity contribution in [1.82, 2.24) is 4.90 Å². The normalized spacial score (nSPS) is 16.0. The molecule has 2 aliphatic rings. The topological polar surface area (TPSA) is 71.1 Å². The van der Waals surface area contributed by atoms with Crippen molar-refractivity contribution < 1.29 is 19.1 Å². The molecule has 2 heterocycles. The third-order valence-electron chi connectivity index (χ3n) is 5.37. The fourth-order valence-electron chi connectivity index (χ4n) is 3.70. The van der Waals surface area contributed by atoms with Crippen molar-refractivity contribution in [2.45, 2.75) is 12.8 Å². The Hall–Kier alpha value is -3.22. The third-order valence-corrected chi connectivity index (χ3v) is 5.37. The smallest absolute Gasteiger partial charge is 0.262 e. The molecule has 0 unspecified atom stereocenters. The molecule has 29 heavy (non-hydrogen) atoms. The van der Waals surface area contributed by atoms with E-state index in [1.807, 2.05) is 35.2 Å². The van der Waals surface area contributed by atoms with E-state index in [1.54, 1.807) is 7.11 Å². The summed E-state index contributed by atoms with van der Waals surface area (Å²) >= 11 is 0. The summed E-state index contributed by atoms with van der Waals surface area (Å²) in [6.45, 7) is 3.13. The first-order valence-corrected chi connectivity index (χ1v) is 9.85. The summed E-state index contributed by atoms with van der Waals surface area (Å²) < 4.78 is 10.6. The molecule has 4 rings (SSSR count). The lowest BCUT2D eigenvalue weighted by Gasteiger charge is -2.36. The van der Waals surface area contributed by atoms with Crippen molar-refractivity contribution >= 4 is 23.2 Å². The number of carbonyl (C=O) groups excluding carboxylic acids is 2. The molecule has 1 N–H and O–H groups in total. The van der Waals surface area contributed by atoms with Gasteiger partial charge in [-0.15, -0.1) is 0 Å². The zero-order chi connectivity index (χ0) is 20.2. The number of benzene rings is 2. The van der Waals surface area contributed by atoms with Gasteiger partial charge in [-0.05, 0) is 48.4 Å². The molecule has 0 spiro atoms. The number of fused-ring (bicyclic) bond motifs is 1. The molecule has 1 saturated heterocycles. The Morgan fingerprint density at radius 2 is 1.86 bits per heavy atom. The molecule has 0 aromatic heterocycles. The molecule has 0 atom stereocenters. The van der Waals surface area contributed by atoms with E-state index in [1.165, 1.54) is 0 Å². The van der Waals surface area contributed by atoms with Crippen molar-refractivity contribution in [2.75, 3.05) is 50.1 Å². The van der Waals surface area contributed by atoms with E-state index in [9.17, 15) is 9.59 Å². The van der Waals surface area contributed by atoms with E-state index in [2.05, 4.69) is 22.3 Å². The van der Waals surface area contributed by atoms with Crippen LogP contribution in [0.5, 0.6) is 11.5 Å². The molecule has 2 amide bonds. The van der Waals surface area contributed by atoms with Crippen LogP contribution in [0, 0.1) is 0 Å². The maximum atomic E-state index is 12.6. The summed E-state index contributed by atoms with van der Waals surface area (Å²) in [4.78, 5) is 28.3. The van der Waals surface area contributed by atoms with Gasteiger partial charge in [0, 0.05) is 38.3 Å². The van der Waals surface area contributed by atoms with Crippen LogP contribution in [-0.4, -0.2) is 56.6 Å². The number of methoxy groups -OCH3 is 1. The van der Waals surface area contributed by atoms with Crippen LogP contribution in [0.3, 0.4) is 0 Å². The molecular formula is C22H25N3O4. The van der Waals surface area contributed by atoms with Gasteiger partial charge in [0.2, 0.25) is 5.91 Å². The molecule has 0 radical (unpaired) electrons. The Labute approximate surface area is 170 Å². The van der Waals surface area contributed by atoms with E-state index in [0.717, 1.165) is 43.2 Å². The molecular weight excluding hydrogens is 370 g/mol. The summed E-state index contributed by atoms with van der Waals surface area (Å²) in [5, 5.41) is 2.81. The molecule has 7 nitrogen and oxygen atoms in total. The van der Waals surface area contributed by atoms with Gasteiger partial charge in [-0.25, -0.2) is 0 Å². The number of carbonyl (C=O) groups is 2. The van der Waals surface area contributed by atoms with E-state index < -0.39 is 0 Å². The predicted molar refractivity (Wildman–Crippen MR) is 111 cm³/mol. The van der Waals surface area contributed by atoms with E-state index in [4.69, 9.17) is 9.47 Å². The fourth-order valence-corrected chi connectivity index (χ4v) is 3.70. The molecule has 2 aromatic rings. The van der Waals surface area contributed by atoms with E-state index in [0.29, 0.717) is 24.3 Å². The van der Waals surface area contributed by atoms with Crippen LogP contribution in [0.2, 0.25) is 0 Å². The lowest BCUT2D eigenvalue weighted by molar-refractivity contribution is -0.131. The van der Waals surface area contributed by atoms with Crippen molar-refractivity contribution in [1.29, 1.82) is 0 Å². The number of rotatable bonds is 5. The average Bonchev–Trinajstić information content (AvgIpc) is 2.77. The highest BCUT2D eigenvalue weighted by molar-refractivity contribution is 5.95. The van der Waals surface area contributed by atoms with Gasteiger partial charge < -0.3 is 24.6 Å². The maximum Gasteiger partial charge on any atom is 0.262 e. The number of aryl methyl sites for hydroxylation is 1. The predicted octanol–water partition coefficient (Wildman–Crippen LogP) is 2.31. The van der Waals surface area contributed by atoms with E-state index in [-0.39, 0.29) is 18.4 Å². The number of piperazine rings is 1. The lowest BCUT2D eigenvalue weighted by atomic mass is 10.1. The number of nitrogens with one attached hydrogen (secondary N) is 1. The fraction of sp³-hybridized carbons (Fsp3) is 0.364. The van der Waals surface area contributed by atoms with Crippen LogP contribution in [0.15, 0.2) is 42.5 Å². The number of nitrogens with zero attached hydrogens (tertiary/aromatic N) is 2. The van der Waals surface area contributed by atoms with Crippen molar-refractivity contribution in [2.24, 2.45) is 0 Å². The molecule has 0 saturated carbocycles. The number of hydrogen-bond donors (Lipinski definition) is 1. The third kappa shape index (κ3) is 4.45. The second-order valence-corrected chi connectivity index (χ2v) is 7.23. The molecule has 0 aliphatic carbocycles. The summed E-state index contributed by atoms with van der Waals surface area (Å²) in [6, 6.07) is 13.7. The van der Waals surface area contributed by atoms with Crippen LogP contribution in [0.4, 0.5) is 11.4 Å². The van der Waals surface area contributed by atoms with Crippen molar-refractivity contribution in [3.8, 4) is 11.5 Å². The average molecular weight is 395 g/mol. The molecule has 2 aromatic carbocycles. The molecule has 152 valence electrons. The van der Waals surface area contributed by atoms with Gasteiger partial charge in [0.15, 0.2) is 6.61 Å². The van der Waals surface area contributed by atoms with Crippen molar-refractivity contribution in [3.05, 3.63) is 48.0 Å². The lowest BCUT2D eigenvalue weighted by Crippen LogP contribution is -2.48. The van der Waals surface area contributed by atoms with Crippen LogP contribution in [0.25, 0.3) is 0 Å². The van der Waals surface area contributed by atoms with Gasteiger partial charge in [-0.1, -0.05) is 6.07 Å². The highest BCUT2D eigenvalue weighted by Crippen LogP contribution is 2.29. The highest BCUT2D eigenvalue weighted by Gasteiger charge is 2.21. The Balaban J connectivity index is 1.28. The van der Waals surface area contributed by atoms with Gasteiger partial charge in [-0.3, -0.25) is 9.59 Å². The van der Waals surface area contributed by atoms with Crippen LogP contribution >= 0.6 is 0 Å². The van der Waals surface area contributed by atoms with Crippen LogP contribution in [0.1, 0.15) is 12.0 Å². The molecule has 2 aliphatic heterocycles. The van der Waals surface area contributed by atoms with E-state index >= 15 is 0 Å². The molecule has 1 fully saturated rings. The quantitative estimate of drug-likeness (QED) is 0.841. The number of ether oxygens (including phenoxy) is 2. The van der Waals surface area contributed by atoms with Gasteiger partial charge in [0.05, 0.1) is 12.8 Å². The minimum atomic E-state index is -0.152. The zero-order valence-electron chi connectivity index (χ0n) is 16.5. The number of amides is 2. The summed E-state index contributed by atoms with van der Waals surface area (Å²) in [5.41, 5.74) is 2.84. The van der Waals surface area contributed by atoms with Gasteiger partial charge in [0.1, 0.15) is 11.5 Å². The van der Waals surface area contributed by atoms with Gasteiger partial charge >= 0.3 is 0 Å². The zero-order valence-corrected chi connectivity index (χ0v) is 16.5. The monoisotopic (exact) mass is 395 g/mol. The van der Waals surface area contributed by atoms with Gasteiger partial charge in [0.25, 0.3) is 5.91 Å². The first-order valence-electron chi connectivity index (χ1n) is 9.85. The number of anilines is 2. The van der Waals surface area contributed by atoms with Gasteiger partial charge in [-0.2, -0.15) is 0 Å². The standard InChI is InChI=1S/C22H25N3O4/c1-28-18-6-4-17(5-7-18)24-10-12-25(13-11-24)22(27)9-3-16-2-8-20-19(14-16)23-21(26)15-29-20/h2,4-8,14H,3,9-13,15H2,1H3,(H,23,26). The second kappa shape index (κ2) is 8.43. The molecule has 7 heteroatoms. The van der Waals surface area contributed by atoms with Crippen molar-refractivity contribution in [3.63, 3.8) is 0 Å². The SMILES string of the molecule is COc1ccc(N2CCN(C(=O)CCc3ccc4c(c3)NC(=O)CO4)CC2)cc1. The first-order chi connectivity index (χ1) is 14.1. The summed E-state index contributed by atoms with van der Waals surface area (Å²) in [5.74, 6) is 1.53. The molecule has 0 bridgehead atoms. The summed E-state index contributed by atoms with van der Waals surface area (Å²) in [6.07, 6.45) is 1.09.